The van der Waals surface area contributed by atoms with Crippen LogP contribution in [-0.4, -0.2) is 55.3 Å². The molecule has 2 aliphatic heterocycles. The number of fused-ring (bicyclic) bond motifs is 1. The molecule has 1 atom stereocenters. The highest BCUT2D eigenvalue weighted by Crippen LogP contribution is 2.37. The fourth-order valence-electron chi connectivity index (χ4n) is 5.37. The molecule has 0 radical (unpaired) electrons. The molecule has 0 bridgehead atoms. The van der Waals surface area contributed by atoms with Crippen molar-refractivity contribution in [2.75, 3.05) is 39.5 Å². The summed E-state index contributed by atoms with van der Waals surface area (Å²) in [5.41, 5.74) is 3.07. The van der Waals surface area contributed by atoms with Gasteiger partial charge in [-0.25, -0.2) is 0 Å². The van der Waals surface area contributed by atoms with Crippen molar-refractivity contribution < 1.29 is 14.3 Å². The minimum absolute atomic E-state index is 0.231. The minimum Gasteiger partial charge on any atom is -0.381 e. The lowest BCUT2D eigenvalue weighted by Gasteiger charge is -2.40. The van der Waals surface area contributed by atoms with Crippen LogP contribution < -0.4 is 0 Å². The van der Waals surface area contributed by atoms with Crippen molar-refractivity contribution in [3.05, 3.63) is 77.6 Å². The van der Waals surface area contributed by atoms with E-state index in [-0.39, 0.29) is 11.8 Å². The molecule has 2 fully saturated rings. The van der Waals surface area contributed by atoms with Crippen molar-refractivity contribution >= 4 is 16.7 Å². The van der Waals surface area contributed by atoms with Crippen molar-refractivity contribution in [1.29, 1.82) is 0 Å². The quantitative estimate of drug-likeness (QED) is 0.602. The molecule has 5 nitrogen and oxygen atoms in total. The highest BCUT2D eigenvalue weighted by Gasteiger charge is 2.44. The number of carbonyl (C=O) groups is 1. The Morgan fingerprint density at radius 3 is 2.79 bits per heavy atom. The van der Waals surface area contributed by atoms with E-state index in [4.69, 9.17) is 9.47 Å². The van der Waals surface area contributed by atoms with Gasteiger partial charge in [-0.2, -0.15) is 0 Å². The first-order valence-corrected chi connectivity index (χ1v) is 12.0. The van der Waals surface area contributed by atoms with Crippen LogP contribution in [0.5, 0.6) is 0 Å². The fourth-order valence-corrected chi connectivity index (χ4v) is 5.37. The summed E-state index contributed by atoms with van der Waals surface area (Å²) in [7, 11) is 0. The zero-order valence-corrected chi connectivity index (χ0v) is 19.3. The zero-order chi connectivity index (χ0) is 22.7. The number of hydrogen-bond donors (Lipinski definition) is 0. The Balaban J connectivity index is 1.38. The SMILES string of the molecule is Cc1cccc(C2(C(=O)N3CCOC[C@H](Cc4ccc5ccncc5c4)C3)CCOCC2)c1. The van der Waals surface area contributed by atoms with Gasteiger partial charge >= 0.3 is 0 Å². The minimum atomic E-state index is -0.506. The summed E-state index contributed by atoms with van der Waals surface area (Å²) in [5.74, 6) is 0.495. The predicted molar refractivity (Wildman–Crippen MR) is 129 cm³/mol. The molecule has 2 saturated heterocycles. The normalized spacial score (nSPS) is 21.0. The summed E-state index contributed by atoms with van der Waals surface area (Å²) >= 11 is 0. The Morgan fingerprint density at radius 2 is 1.94 bits per heavy atom. The first kappa shape index (κ1) is 22.1. The molecule has 0 N–H and O–H groups in total. The van der Waals surface area contributed by atoms with Gasteiger partial charge in [-0.15, -0.1) is 0 Å². The summed E-state index contributed by atoms with van der Waals surface area (Å²) in [4.78, 5) is 20.4. The maximum Gasteiger partial charge on any atom is 0.233 e. The second kappa shape index (κ2) is 9.62. The number of nitrogens with zero attached hydrogens (tertiary/aromatic N) is 2. The molecule has 3 aromatic rings. The topological polar surface area (TPSA) is 51.7 Å². The first-order valence-electron chi connectivity index (χ1n) is 12.0. The van der Waals surface area contributed by atoms with Crippen LogP contribution in [0.15, 0.2) is 60.9 Å². The van der Waals surface area contributed by atoms with Gasteiger partial charge in [-0.3, -0.25) is 9.78 Å². The number of pyridine rings is 1. The van der Waals surface area contributed by atoms with E-state index >= 15 is 0 Å². The van der Waals surface area contributed by atoms with Crippen LogP contribution in [0.25, 0.3) is 10.8 Å². The van der Waals surface area contributed by atoms with E-state index in [1.54, 1.807) is 0 Å². The molecule has 5 heteroatoms. The fraction of sp³-hybridized carbons (Fsp3) is 0.429. The van der Waals surface area contributed by atoms with E-state index in [9.17, 15) is 4.79 Å². The molecule has 2 aromatic carbocycles. The Morgan fingerprint density at radius 1 is 1.06 bits per heavy atom. The average Bonchev–Trinajstić information content (AvgIpc) is 3.09. The molecule has 0 saturated carbocycles. The van der Waals surface area contributed by atoms with E-state index in [2.05, 4.69) is 59.3 Å². The van der Waals surface area contributed by atoms with Gasteiger partial charge < -0.3 is 14.4 Å². The molecule has 0 aliphatic carbocycles. The maximum absolute atomic E-state index is 14.1. The second-order valence-electron chi connectivity index (χ2n) is 9.52. The zero-order valence-electron chi connectivity index (χ0n) is 19.3. The number of amides is 1. The van der Waals surface area contributed by atoms with Gasteiger partial charge in [0, 0.05) is 50.0 Å². The molecular weight excluding hydrogens is 412 g/mol. The Labute approximate surface area is 195 Å². The van der Waals surface area contributed by atoms with Gasteiger partial charge in [0.05, 0.1) is 18.6 Å². The molecule has 1 aromatic heterocycles. The average molecular weight is 445 g/mol. The lowest BCUT2D eigenvalue weighted by Crippen LogP contribution is -2.51. The third kappa shape index (κ3) is 4.66. The van der Waals surface area contributed by atoms with Gasteiger partial charge in [0.2, 0.25) is 5.91 Å². The van der Waals surface area contributed by atoms with E-state index < -0.39 is 5.41 Å². The van der Waals surface area contributed by atoms with Crippen LogP contribution in [0.1, 0.15) is 29.5 Å². The number of aryl methyl sites for hydroxylation is 1. The van der Waals surface area contributed by atoms with Crippen molar-refractivity contribution in [3.8, 4) is 0 Å². The lowest BCUT2D eigenvalue weighted by atomic mass is 9.72. The summed E-state index contributed by atoms with van der Waals surface area (Å²) in [5, 5.41) is 2.35. The Kier molecular flexibility index (Phi) is 6.43. The van der Waals surface area contributed by atoms with Crippen molar-refractivity contribution in [3.63, 3.8) is 0 Å². The van der Waals surface area contributed by atoms with E-state index in [0.717, 1.165) is 36.8 Å². The number of hydrogen-bond acceptors (Lipinski definition) is 4. The molecule has 5 rings (SSSR count). The number of carbonyl (C=O) groups excluding carboxylic acids is 1. The highest BCUT2D eigenvalue weighted by molar-refractivity contribution is 5.88. The molecule has 0 unspecified atom stereocenters. The predicted octanol–water partition coefficient (Wildman–Crippen LogP) is 4.31. The van der Waals surface area contributed by atoms with Gasteiger partial charge in [0.25, 0.3) is 0 Å². The number of rotatable bonds is 4. The van der Waals surface area contributed by atoms with Crippen LogP contribution in [0, 0.1) is 12.8 Å². The van der Waals surface area contributed by atoms with Crippen LogP contribution in [0.4, 0.5) is 0 Å². The third-order valence-corrected chi connectivity index (χ3v) is 7.18. The molecule has 3 heterocycles. The Bertz CT molecular complexity index is 1120. The molecule has 0 spiro atoms. The largest absolute Gasteiger partial charge is 0.381 e. The molecule has 1 amide bonds. The van der Waals surface area contributed by atoms with E-state index in [1.165, 1.54) is 16.5 Å². The summed E-state index contributed by atoms with van der Waals surface area (Å²) in [6, 6.07) is 17.0. The maximum atomic E-state index is 14.1. The lowest BCUT2D eigenvalue weighted by molar-refractivity contribution is -0.141. The van der Waals surface area contributed by atoms with Crippen LogP contribution in [-0.2, 0) is 26.1 Å². The Hall–Kier alpha value is -2.76. The number of ether oxygens (including phenoxy) is 2. The van der Waals surface area contributed by atoms with Crippen molar-refractivity contribution in [2.45, 2.75) is 31.6 Å². The molecule has 2 aliphatic rings. The van der Waals surface area contributed by atoms with Gasteiger partial charge in [0.15, 0.2) is 0 Å². The van der Waals surface area contributed by atoms with Gasteiger partial charge in [-0.05, 0) is 54.8 Å². The number of aromatic nitrogens is 1. The molecular formula is C28H32N2O3. The summed E-state index contributed by atoms with van der Waals surface area (Å²) < 4.78 is 11.6. The van der Waals surface area contributed by atoms with Crippen LogP contribution in [0.2, 0.25) is 0 Å². The first-order chi connectivity index (χ1) is 16.1. The van der Waals surface area contributed by atoms with Gasteiger partial charge in [0.1, 0.15) is 0 Å². The standard InChI is InChI=1S/C28H32N2O3/c1-21-3-2-4-26(15-21)28(8-12-32-13-9-28)27(31)30-11-14-33-20-23(19-30)16-22-5-6-24-7-10-29-18-25(24)17-22/h2-7,10,15,17-18,23H,8-9,11-14,16,19-20H2,1H3/t23-/m1/s1. The third-order valence-electron chi connectivity index (χ3n) is 7.18. The van der Waals surface area contributed by atoms with E-state index in [1.807, 2.05) is 18.5 Å². The second-order valence-corrected chi connectivity index (χ2v) is 9.52. The number of benzene rings is 2. The summed E-state index contributed by atoms with van der Waals surface area (Å²) in [6.07, 6.45) is 6.08. The highest BCUT2D eigenvalue weighted by atomic mass is 16.5. The van der Waals surface area contributed by atoms with Crippen molar-refractivity contribution in [1.82, 2.24) is 9.88 Å². The van der Waals surface area contributed by atoms with Crippen LogP contribution in [0.3, 0.4) is 0 Å². The van der Waals surface area contributed by atoms with Crippen molar-refractivity contribution in [2.24, 2.45) is 5.92 Å². The van der Waals surface area contributed by atoms with E-state index in [0.29, 0.717) is 33.0 Å². The molecule has 172 valence electrons. The summed E-state index contributed by atoms with van der Waals surface area (Å²) in [6.45, 7) is 5.97. The monoisotopic (exact) mass is 444 g/mol. The van der Waals surface area contributed by atoms with Gasteiger partial charge in [-0.1, -0.05) is 42.0 Å². The molecule has 33 heavy (non-hydrogen) atoms. The van der Waals surface area contributed by atoms with Crippen LogP contribution >= 0.6 is 0 Å². The smallest absolute Gasteiger partial charge is 0.233 e.